The maximum atomic E-state index is 6.14. The van der Waals surface area contributed by atoms with Crippen LogP contribution in [0.5, 0.6) is 0 Å². The highest BCUT2D eigenvalue weighted by Gasteiger charge is 2.47. The van der Waals surface area contributed by atoms with Crippen LogP contribution < -0.4 is 0 Å². The third kappa shape index (κ3) is 2.85. The van der Waals surface area contributed by atoms with Crippen LogP contribution in [0, 0.1) is 5.92 Å². The van der Waals surface area contributed by atoms with Crippen molar-refractivity contribution in [1.29, 1.82) is 0 Å². The fourth-order valence-electron chi connectivity index (χ4n) is 2.01. The Morgan fingerprint density at radius 2 is 2.29 bits per heavy atom. The molecule has 0 bridgehead atoms. The molecular formula is C11H19ClO2. The largest absolute Gasteiger partial charge is 0.353 e. The lowest BCUT2D eigenvalue weighted by molar-refractivity contribution is -0.163. The van der Waals surface area contributed by atoms with Crippen LogP contribution in [-0.2, 0) is 9.47 Å². The van der Waals surface area contributed by atoms with Crippen molar-refractivity contribution < 1.29 is 9.47 Å². The first-order chi connectivity index (χ1) is 6.68. The lowest BCUT2D eigenvalue weighted by Crippen LogP contribution is -2.22. The van der Waals surface area contributed by atoms with Crippen molar-refractivity contribution in [3.63, 3.8) is 0 Å². The Hall–Kier alpha value is 0.210. The fraction of sp³-hybridized carbons (Fsp3) is 1.00. The predicted octanol–water partition coefficient (Wildman–Crippen LogP) is 2.94. The number of ether oxygens (including phenoxy) is 2. The third-order valence-electron chi connectivity index (χ3n) is 3.24. The van der Waals surface area contributed by atoms with Crippen LogP contribution in [0.3, 0.4) is 0 Å². The van der Waals surface area contributed by atoms with Gasteiger partial charge >= 0.3 is 0 Å². The van der Waals surface area contributed by atoms with E-state index in [0.717, 1.165) is 32.5 Å². The molecule has 0 radical (unpaired) electrons. The first-order valence-electron chi connectivity index (χ1n) is 5.60. The molecule has 82 valence electrons. The van der Waals surface area contributed by atoms with Gasteiger partial charge in [-0.1, -0.05) is 0 Å². The van der Waals surface area contributed by atoms with E-state index in [2.05, 4.69) is 6.92 Å². The summed E-state index contributed by atoms with van der Waals surface area (Å²) in [7, 11) is 0. The van der Waals surface area contributed by atoms with Gasteiger partial charge in [0, 0.05) is 11.5 Å². The molecule has 1 saturated carbocycles. The average Bonchev–Trinajstić information content (AvgIpc) is 2.76. The number of halogens is 1. The van der Waals surface area contributed by atoms with Gasteiger partial charge in [-0.05, 0) is 44.9 Å². The summed E-state index contributed by atoms with van der Waals surface area (Å²) in [4.78, 5) is 0.0663. The molecule has 14 heavy (non-hydrogen) atoms. The Morgan fingerprint density at radius 3 is 2.86 bits per heavy atom. The predicted molar refractivity (Wildman–Crippen MR) is 56.5 cm³/mol. The van der Waals surface area contributed by atoms with E-state index in [1.807, 2.05) is 0 Å². The van der Waals surface area contributed by atoms with Crippen LogP contribution in [0.15, 0.2) is 0 Å². The lowest BCUT2D eigenvalue weighted by Gasteiger charge is -2.22. The van der Waals surface area contributed by atoms with Gasteiger partial charge in [0.25, 0.3) is 0 Å². The number of hydrogen-bond donors (Lipinski definition) is 0. The van der Waals surface area contributed by atoms with E-state index in [1.165, 1.54) is 12.8 Å². The van der Waals surface area contributed by atoms with Crippen LogP contribution in [0.4, 0.5) is 0 Å². The van der Waals surface area contributed by atoms with Crippen LogP contribution in [0.2, 0.25) is 0 Å². The number of hydrogen-bond acceptors (Lipinski definition) is 2. The van der Waals surface area contributed by atoms with Crippen molar-refractivity contribution in [2.45, 2.75) is 50.2 Å². The molecule has 3 heteroatoms. The van der Waals surface area contributed by atoms with Gasteiger partial charge < -0.3 is 9.47 Å². The molecule has 1 aliphatic carbocycles. The minimum Gasteiger partial charge on any atom is -0.353 e. The molecule has 0 amide bonds. The molecule has 0 aromatic rings. The monoisotopic (exact) mass is 218 g/mol. The summed E-state index contributed by atoms with van der Waals surface area (Å²) in [6, 6.07) is 0. The minimum absolute atomic E-state index is 0.0593. The molecule has 2 rings (SSSR count). The Labute approximate surface area is 90.9 Å². The van der Waals surface area contributed by atoms with Gasteiger partial charge in [-0.15, -0.1) is 11.6 Å². The topological polar surface area (TPSA) is 18.5 Å². The smallest absolute Gasteiger partial charge is 0.157 e. The van der Waals surface area contributed by atoms with E-state index in [1.54, 1.807) is 0 Å². The Balaban J connectivity index is 1.54. The van der Waals surface area contributed by atoms with E-state index >= 15 is 0 Å². The van der Waals surface area contributed by atoms with Gasteiger partial charge in [-0.3, -0.25) is 0 Å². The van der Waals surface area contributed by atoms with Gasteiger partial charge in [-0.2, -0.15) is 0 Å². The van der Waals surface area contributed by atoms with Crippen molar-refractivity contribution in [3.8, 4) is 0 Å². The Kier molecular flexibility index (Phi) is 3.35. The van der Waals surface area contributed by atoms with Crippen molar-refractivity contribution in [2.75, 3.05) is 13.2 Å². The fourth-order valence-corrected chi connectivity index (χ4v) is 2.31. The second kappa shape index (κ2) is 4.38. The highest BCUT2D eigenvalue weighted by atomic mass is 35.5. The third-order valence-corrected chi connectivity index (χ3v) is 3.71. The van der Waals surface area contributed by atoms with E-state index in [-0.39, 0.29) is 11.2 Å². The van der Waals surface area contributed by atoms with E-state index in [4.69, 9.17) is 21.1 Å². The molecule has 0 spiro atoms. The maximum Gasteiger partial charge on any atom is 0.157 e. The van der Waals surface area contributed by atoms with Crippen molar-refractivity contribution in [1.82, 2.24) is 0 Å². The SMILES string of the molecule is CC1(Cl)CC1CCOC1CCCCO1. The molecule has 2 fully saturated rings. The molecular weight excluding hydrogens is 200 g/mol. The van der Waals surface area contributed by atoms with Crippen LogP contribution >= 0.6 is 11.6 Å². The molecule has 1 heterocycles. The minimum atomic E-state index is 0.0593. The molecule has 0 N–H and O–H groups in total. The van der Waals surface area contributed by atoms with Crippen LogP contribution in [-0.4, -0.2) is 24.4 Å². The van der Waals surface area contributed by atoms with Crippen molar-refractivity contribution in [3.05, 3.63) is 0 Å². The summed E-state index contributed by atoms with van der Waals surface area (Å²) in [5.74, 6) is 0.660. The quantitative estimate of drug-likeness (QED) is 0.676. The van der Waals surface area contributed by atoms with Gasteiger partial charge in [0.15, 0.2) is 6.29 Å². The Morgan fingerprint density at radius 1 is 1.50 bits per heavy atom. The summed E-state index contributed by atoms with van der Waals surface area (Å²) < 4.78 is 11.1. The zero-order valence-electron chi connectivity index (χ0n) is 8.80. The normalized spacial score (nSPS) is 42.4. The van der Waals surface area contributed by atoms with Crippen molar-refractivity contribution >= 4 is 11.6 Å². The van der Waals surface area contributed by atoms with E-state index in [9.17, 15) is 0 Å². The van der Waals surface area contributed by atoms with Gasteiger partial charge in [0.1, 0.15) is 0 Å². The molecule has 1 aliphatic heterocycles. The second-order valence-corrected chi connectivity index (χ2v) is 5.50. The summed E-state index contributed by atoms with van der Waals surface area (Å²) in [6.07, 6.45) is 5.76. The maximum absolute atomic E-state index is 6.14. The molecule has 0 aromatic heterocycles. The highest BCUT2D eigenvalue weighted by molar-refractivity contribution is 6.25. The molecule has 2 aliphatic rings. The van der Waals surface area contributed by atoms with Gasteiger partial charge in [0.05, 0.1) is 6.61 Å². The molecule has 2 nitrogen and oxygen atoms in total. The van der Waals surface area contributed by atoms with Crippen molar-refractivity contribution in [2.24, 2.45) is 5.92 Å². The molecule has 3 unspecified atom stereocenters. The zero-order chi connectivity index (χ0) is 10.0. The summed E-state index contributed by atoms with van der Waals surface area (Å²) >= 11 is 6.14. The molecule has 1 saturated heterocycles. The van der Waals surface area contributed by atoms with Crippen LogP contribution in [0.1, 0.15) is 39.0 Å². The summed E-state index contributed by atoms with van der Waals surface area (Å²) in [5.41, 5.74) is 0. The molecule has 0 aromatic carbocycles. The van der Waals surface area contributed by atoms with Gasteiger partial charge in [-0.25, -0.2) is 0 Å². The molecule has 3 atom stereocenters. The van der Waals surface area contributed by atoms with Gasteiger partial charge in [0.2, 0.25) is 0 Å². The second-order valence-electron chi connectivity index (χ2n) is 4.63. The van der Waals surface area contributed by atoms with Crippen LogP contribution in [0.25, 0.3) is 0 Å². The number of rotatable bonds is 4. The zero-order valence-corrected chi connectivity index (χ0v) is 9.55. The van der Waals surface area contributed by atoms with E-state index < -0.39 is 0 Å². The summed E-state index contributed by atoms with van der Waals surface area (Å²) in [6.45, 7) is 3.77. The van der Waals surface area contributed by atoms with E-state index in [0.29, 0.717) is 5.92 Å². The first kappa shape index (κ1) is 10.7. The number of alkyl halides is 1. The lowest BCUT2D eigenvalue weighted by atomic mass is 10.2. The standard InChI is InChI=1S/C11H19ClO2/c1-11(12)8-9(11)5-7-14-10-4-2-3-6-13-10/h9-10H,2-8H2,1H3. The summed E-state index contributed by atoms with van der Waals surface area (Å²) in [5, 5.41) is 0. The highest BCUT2D eigenvalue weighted by Crippen LogP contribution is 2.51. The first-order valence-corrected chi connectivity index (χ1v) is 5.98. The Bertz CT molecular complexity index is 188. The average molecular weight is 219 g/mol.